The zero-order valence-electron chi connectivity index (χ0n) is 24.5. The lowest BCUT2D eigenvalue weighted by Crippen LogP contribution is -2.39. The second-order valence-electron chi connectivity index (χ2n) is 12.1. The normalized spacial score (nSPS) is 13.9. The van der Waals surface area contributed by atoms with Gasteiger partial charge in [0.2, 0.25) is 5.95 Å². The number of benzene rings is 1. The minimum atomic E-state index is -1.66. The van der Waals surface area contributed by atoms with Crippen LogP contribution in [-0.2, 0) is 23.4 Å². The molecule has 4 heterocycles. The number of rotatable bonds is 5. The third-order valence-corrected chi connectivity index (χ3v) is 6.84. The van der Waals surface area contributed by atoms with Gasteiger partial charge >= 0.3 is 6.09 Å². The van der Waals surface area contributed by atoms with Crippen LogP contribution in [0.25, 0.3) is 16.7 Å². The topological polar surface area (TPSA) is 107 Å². The number of aromatic nitrogens is 5. The summed E-state index contributed by atoms with van der Waals surface area (Å²) < 4.78 is 23.6. The summed E-state index contributed by atoms with van der Waals surface area (Å²) >= 11 is 0. The second kappa shape index (κ2) is 10.3. The van der Waals surface area contributed by atoms with Gasteiger partial charge < -0.3 is 15.0 Å². The molecule has 0 saturated carbocycles. The SMILES string of the molecule is CC(C)n1c(=O)c2cnc(Nc3ccc4c(c3)CN(C(=O)OC(C)(C)C)CC4)nc2n1-c1ccnc(C(C)(C)F)c1. The molecule has 0 unspecified atom stereocenters. The van der Waals surface area contributed by atoms with E-state index in [0.29, 0.717) is 35.8 Å². The Bertz CT molecular complexity index is 1680. The largest absolute Gasteiger partial charge is 0.444 e. The van der Waals surface area contributed by atoms with E-state index >= 15 is 0 Å². The first-order valence-electron chi connectivity index (χ1n) is 13.7. The highest BCUT2D eigenvalue weighted by Crippen LogP contribution is 2.28. The quantitative estimate of drug-likeness (QED) is 0.328. The van der Waals surface area contributed by atoms with Gasteiger partial charge in [-0.2, -0.15) is 4.98 Å². The molecular formula is C30H36FN7O3. The standard InChI is InChI=1S/C30H36FN7O3/c1-18(2)37-26(39)23-16-33-27(35-25(23)38(37)22-10-12-32-24(15-22)30(6,7)31)34-21-9-8-19-11-13-36(17-20(19)14-21)28(40)41-29(3,4)5/h8-10,12,14-16,18H,11,13,17H2,1-7H3,(H,33,34,35). The Morgan fingerprint density at radius 1 is 1.07 bits per heavy atom. The van der Waals surface area contributed by atoms with Gasteiger partial charge in [0.05, 0.1) is 11.4 Å². The fourth-order valence-corrected chi connectivity index (χ4v) is 4.90. The monoisotopic (exact) mass is 561 g/mol. The summed E-state index contributed by atoms with van der Waals surface area (Å²) in [5.74, 6) is 0.298. The maximum absolute atomic E-state index is 14.8. The molecule has 1 aromatic carbocycles. The highest BCUT2D eigenvalue weighted by molar-refractivity contribution is 5.77. The number of pyridine rings is 1. The highest BCUT2D eigenvalue weighted by Gasteiger charge is 2.27. The molecular weight excluding hydrogens is 525 g/mol. The molecule has 1 amide bonds. The molecule has 0 saturated heterocycles. The van der Waals surface area contributed by atoms with Crippen LogP contribution in [0.15, 0.2) is 47.5 Å². The van der Waals surface area contributed by atoms with Crippen LogP contribution in [0.3, 0.4) is 0 Å². The molecule has 0 aliphatic carbocycles. The number of halogens is 1. The van der Waals surface area contributed by atoms with Crippen molar-refractivity contribution in [2.45, 2.75) is 78.7 Å². The molecule has 0 spiro atoms. The predicted octanol–water partition coefficient (Wildman–Crippen LogP) is 5.80. The molecule has 216 valence electrons. The summed E-state index contributed by atoms with van der Waals surface area (Å²) in [6.45, 7) is 13.3. The molecule has 0 atom stereocenters. The van der Waals surface area contributed by atoms with E-state index < -0.39 is 11.3 Å². The average molecular weight is 562 g/mol. The van der Waals surface area contributed by atoms with E-state index in [4.69, 9.17) is 9.72 Å². The summed E-state index contributed by atoms with van der Waals surface area (Å²) in [5.41, 5.74) is 1.68. The van der Waals surface area contributed by atoms with E-state index in [1.54, 1.807) is 26.4 Å². The smallest absolute Gasteiger partial charge is 0.410 e. The fourth-order valence-electron chi connectivity index (χ4n) is 4.90. The number of alkyl halides is 1. The van der Waals surface area contributed by atoms with Crippen LogP contribution in [-0.4, -0.2) is 47.5 Å². The average Bonchev–Trinajstić information content (AvgIpc) is 3.18. The van der Waals surface area contributed by atoms with Crippen molar-refractivity contribution in [3.05, 3.63) is 69.9 Å². The van der Waals surface area contributed by atoms with Crippen LogP contribution in [0.4, 0.5) is 20.8 Å². The minimum Gasteiger partial charge on any atom is -0.444 e. The van der Waals surface area contributed by atoms with Gasteiger partial charge in [0, 0.05) is 37.2 Å². The molecule has 0 bridgehead atoms. The maximum Gasteiger partial charge on any atom is 0.410 e. The van der Waals surface area contributed by atoms with E-state index in [1.165, 1.54) is 31.8 Å². The lowest BCUT2D eigenvalue weighted by atomic mass is 9.99. The first-order valence-corrected chi connectivity index (χ1v) is 13.7. The molecule has 1 N–H and O–H groups in total. The minimum absolute atomic E-state index is 0.198. The van der Waals surface area contributed by atoms with Crippen LogP contribution < -0.4 is 10.9 Å². The van der Waals surface area contributed by atoms with Crippen molar-refractivity contribution in [1.29, 1.82) is 0 Å². The number of carbonyl (C=O) groups is 1. The van der Waals surface area contributed by atoms with Crippen LogP contribution in [0, 0.1) is 0 Å². The van der Waals surface area contributed by atoms with Crippen molar-refractivity contribution < 1.29 is 13.9 Å². The van der Waals surface area contributed by atoms with Gasteiger partial charge in [-0.15, -0.1) is 0 Å². The maximum atomic E-state index is 14.8. The molecule has 3 aromatic heterocycles. The van der Waals surface area contributed by atoms with E-state index in [0.717, 1.165) is 17.7 Å². The first-order chi connectivity index (χ1) is 19.2. The van der Waals surface area contributed by atoms with Crippen molar-refractivity contribution in [3.8, 4) is 5.69 Å². The van der Waals surface area contributed by atoms with Crippen molar-refractivity contribution in [2.75, 3.05) is 11.9 Å². The number of hydrogen-bond donors (Lipinski definition) is 1. The molecule has 0 fully saturated rings. The summed E-state index contributed by atoms with van der Waals surface area (Å²) in [5, 5.41) is 3.59. The Morgan fingerprint density at radius 2 is 1.83 bits per heavy atom. The number of carbonyl (C=O) groups excluding carboxylic acids is 1. The zero-order valence-corrected chi connectivity index (χ0v) is 24.5. The first kappa shape index (κ1) is 28.3. The lowest BCUT2D eigenvalue weighted by Gasteiger charge is -2.31. The second-order valence-corrected chi connectivity index (χ2v) is 12.1. The van der Waals surface area contributed by atoms with Crippen LogP contribution in [0.2, 0.25) is 0 Å². The lowest BCUT2D eigenvalue weighted by molar-refractivity contribution is 0.0224. The summed E-state index contributed by atoms with van der Waals surface area (Å²) in [6.07, 6.45) is 3.43. The molecule has 1 aliphatic rings. The number of amides is 1. The molecule has 4 aromatic rings. The van der Waals surface area contributed by atoms with Crippen LogP contribution >= 0.6 is 0 Å². The third kappa shape index (κ3) is 5.79. The number of anilines is 2. The van der Waals surface area contributed by atoms with Crippen molar-refractivity contribution in [1.82, 2.24) is 29.2 Å². The molecule has 0 radical (unpaired) electrons. The molecule has 11 heteroatoms. The number of nitrogens with zero attached hydrogens (tertiary/aromatic N) is 6. The van der Waals surface area contributed by atoms with E-state index in [-0.39, 0.29) is 23.4 Å². The van der Waals surface area contributed by atoms with E-state index in [2.05, 4.69) is 15.3 Å². The van der Waals surface area contributed by atoms with Crippen molar-refractivity contribution >= 4 is 28.8 Å². The van der Waals surface area contributed by atoms with Gasteiger partial charge in [0.1, 0.15) is 16.7 Å². The van der Waals surface area contributed by atoms with Crippen LogP contribution in [0.5, 0.6) is 0 Å². The number of hydrogen-bond acceptors (Lipinski definition) is 7. The van der Waals surface area contributed by atoms with Crippen molar-refractivity contribution in [3.63, 3.8) is 0 Å². The van der Waals surface area contributed by atoms with Gasteiger partial charge in [0.15, 0.2) is 5.65 Å². The molecule has 41 heavy (non-hydrogen) atoms. The Hall–Kier alpha value is -4.28. The number of nitrogens with one attached hydrogen (secondary N) is 1. The van der Waals surface area contributed by atoms with Crippen LogP contribution in [0.1, 0.15) is 71.3 Å². The Kier molecular flexibility index (Phi) is 7.08. The molecule has 10 nitrogen and oxygen atoms in total. The van der Waals surface area contributed by atoms with Gasteiger partial charge in [-0.3, -0.25) is 9.78 Å². The molecule has 1 aliphatic heterocycles. The highest BCUT2D eigenvalue weighted by atomic mass is 19.1. The van der Waals surface area contributed by atoms with E-state index in [9.17, 15) is 14.0 Å². The van der Waals surface area contributed by atoms with Crippen molar-refractivity contribution in [2.24, 2.45) is 0 Å². The summed E-state index contributed by atoms with van der Waals surface area (Å²) in [4.78, 5) is 41.0. The number of ether oxygens (including phenoxy) is 1. The van der Waals surface area contributed by atoms with Gasteiger partial charge in [0.25, 0.3) is 5.56 Å². The zero-order chi connectivity index (χ0) is 29.7. The van der Waals surface area contributed by atoms with Gasteiger partial charge in [-0.1, -0.05) is 6.07 Å². The Morgan fingerprint density at radius 3 is 2.51 bits per heavy atom. The van der Waals surface area contributed by atoms with E-state index in [1.807, 2.05) is 52.8 Å². The Labute approximate surface area is 238 Å². The predicted molar refractivity (Wildman–Crippen MR) is 156 cm³/mol. The number of fused-ring (bicyclic) bond motifs is 2. The van der Waals surface area contributed by atoms with Gasteiger partial charge in [-0.25, -0.2) is 23.5 Å². The summed E-state index contributed by atoms with van der Waals surface area (Å²) in [7, 11) is 0. The Balaban J connectivity index is 1.50. The van der Waals surface area contributed by atoms with Gasteiger partial charge in [-0.05, 0) is 90.3 Å². The fraction of sp³-hybridized carbons (Fsp3) is 0.433. The third-order valence-electron chi connectivity index (χ3n) is 6.84. The molecule has 5 rings (SSSR count). The summed E-state index contributed by atoms with van der Waals surface area (Å²) in [6, 6.07) is 9.11.